The van der Waals surface area contributed by atoms with Gasteiger partial charge in [0.15, 0.2) is 6.29 Å². The molecule has 0 saturated carbocycles. The Kier molecular flexibility index (Phi) is 4.63. The molecule has 17 heavy (non-hydrogen) atoms. The largest absolute Gasteiger partial charge is 0.490 e. The van der Waals surface area contributed by atoms with E-state index >= 15 is 0 Å². The molecule has 0 spiro atoms. The van der Waals surface area contributed by atoms with Crippen LogP contribution in [0.3, 0.4) is 0 Å². The Bertz CT molecular complexity index is 413. The molecule has 5 nitrogen and oxygen atoms in total. The minimum absolute atomic E-state index is 0.0233. The number of carbonyl (C=O) groups is 1. The van der Waals surface area contributed by atoms with Crippen LogP contribution in [0.5, 0.6) is 5.75 Å². The van der Waals surface area contributed by atoms with Crippen molar-refractivity contribution in [1.29, 1.82) is 0 Å². The zero-order valence-corrected chi connectivity index (χ0v) is 9.88. The quantitative estimate of drug-likeness (QED) is 0.433. The van der Waals surface area contributed by atoms with Gasteiger partial charge in [-0.3, -0.25) is 14.9 Å². The lowest BCUT2D eigenvalue weighted by atomic mass is 10.1. The van der Waals surface area contributed by atoms with E-state index in [0.29, 0.717) is 12.0 Å². The van der Waals surface area contributed by atoms with Crippen LogP contribution in [0.25, 0.3) is 0 Å². The monoisotopic (exact) mass is 237 g/mol. The second-order valence-electron chi connectivity index (χ2n) is 3.65. The first-order valence-corrected chi connectivity index (χ1v) is 5.52. The smallest absolute Gasteiger partial charge is 0.270 e. The number of non-ortho nitro benzene ring substituents is 1. The molecular weight excluding hydrogens is 222 g/mol. The van der Waals surface area contributed by atoms with Gasteiger partial charge in [-0.25, -0.2) is 0 Å². The average molecular weight is 237 g/mol. The number of hydrogen-bond acceptors (Lipinski definition) is 4. The summed E-state index contributed by atoms with van der Waals surface area (Å²) in [4.78, 5) is 20.9. The van der Waals surface area contributed by atoms with Gasteiger partial charge in [-0.1, -0.05) is 13.8 Å². The van der Waals surface area contributed by atoms with Gasteiger partial charge in [0.2, 0.25) is 0 Å². The second-order valence-corrected chi connectivity index (χ2v) is 3.65. The van der Waals surface area contributed by atoms with Gasteiger partial charge in [0.25, 0.3) is 5.69 Å². The maximum Gasteiger partial charge on any atom is 0.270 e. The Balaban J connectivity index is 3.00. The SMILES string of the molecule is CCC(CC)Oc1ccc([N+](=O)[O-])cc1C=O. The summed E-state index contributed by atoms with van der Waals surface area (Å²) in [7, 11) is 0. The lowest BCUT2D eigenvalue weighted by Crippen LogP contribution is -2.14. The molecule has 1 aromatic carbocycles. The molecule has 0 unspecified atom stereocenters. The number of rotatable bonds is 6. The Labute approximate surface area is 99.5 Å². The molecule has 1 rings (SSSR count). The van der Waals surface area contributed by atoms with E-state index in [-0.39, 0.29) is 17.4 Å². The normalized spacial score (nSPS) is 10.3. The van der Waals surface area contributed by atoms with E-state index in [4.69, 9.17) is 4.74 Å². The van der Waals surface area contributed by atoms with Crippen LogP contribution in [0.1, 0.15) is 37.0 Å². The zero-order valence-electron chi connectivity index (χ0n) is 9.88. The van der Waals surface area contributed by atoms with Crippen molar-refractivity contribution in [2.24, 2.45) is 0 Å². The fraction of sp³-hybridized carbons (Fsp3) is 0.417. The summed E-state index contributed by atoms with van der Waals surface area (Å²) in [5, 5.41) is 10.6. The molecule has 0 amide bonds. The molecule has 0 fully saturated rings. The summed E-state index contributed by atoms with van der Waals surface area (Å²) in [6.45, 7) is 3.97. The van der Waals surface area contributed by atoms with Gasteiger partial charge in [-0.15, -0.1) is 0 Å². The van der Waals surface area contributed by atoms with Gasteiger partial charge < -0.3 is 4.74 Å². The number of benzene rings is 1. The van der Waals surface area contributed by atoms with Gasteiger partial charge in [-0.2, -0.15) is 0 Å². The summed E-state index contributed by atoms with van der Waals surface area (Å²) in [5.41, 5.74) is 0.107. The molecule has 0 N–H and O–H groups in total. The highest BCUT2D eigenvalue weighted by Crippen LogP contribution is 2.24. The average Bonchev–Trinajstić information content (AvgIpc) is 2.35. The van der Waals surface area contributed by atoms with E-state index in [1.54, 1.807) is 0 Å². The number of hydrogen-bond donors (Lipinski definition) is 0. The van der Waals surface area contributed by atoms with Crippen molar-refractivity contribution in [2.75, 3.05) is 0 Å². The lowest BCUT2D eigenvalue weighted by Gasteiger charge is -2.16. The molecule has 0 radical (unpaired) electrons. The van der Waals surface area contributed by atoms with E-state index in [9.17, 15) is 14.9 Å². The van der Waals surface area contributed by atoms with Crippen LogP contribution in [-0.2, 0) is 0 Å². The van der Waals surface area contributed by atoms with Crippen LogP contribution in [0, 0.1) is 10.1 Å². The molecule has 0 aliphatic carbocycles. The number of nitro benzene ring substituents is 1. The molecule has 0 aliphatic rings. The molecule has 1 aromatic rings. The van der Waals surface area contributed by atoms with Gasteiger partial charge >= 0.3 is 0 Å². The summed E-state index contributed by atoms with van der Waals surface area (Å²) < 4.78 is 5.62. The topological polar surface area (TPSA) is 69.4 Å². The minimum atomic E-state index is -0.534. The first kappa shape index (κ1) is 13.2. The summed E-state index contributed by atoms with van der Waals surface area (Å²) >= 11 is 0. The Morgan fingerprint density at radius 2 is 2.06 bits per heavy atom. The molecule has 0 aliphatic heterocycles. The maximum atomic E-state index is 10.9. The molecule has 92 valence electrons. The van der Waals surface area contributed by atoms with Gasteiger partial charge in [0.05, 0.1) is 16.6 Å². The zero-order chi connectivity index (χ0) is 12.8. The number of carbonyl (C=O) groups excluding carboxylic acids is 1. The van der Waals surface area contributed by atoms with Crippen LogP contribution in [0.15, 0.2) is 18.2 Å². The third kappa shape index (κ3) is 3.27. The second kappa shape index (κ2) is 5.98. The lowest BCUT2D eigenvalue weighted by molar-refractivity contribution is -0.384. The molecule has 5 heteroatoms. The van der Waals surface area contributed by atoms with E-state index in [2.05, 4.69) is 0 Å². The summed E-state index contributed by atoms with van der Waals surface area (Å²) in [5.74, 6) is 0.402. The van der Waals surface area contributed by atoms with Crippen molar-refractivity contribution in [3.05, 3.63) is 33.9 Å². The maximum absolute atomic E-state index is 10.9. The number of nitrogens with zero attached hydrogens (tertiary/aromatic N) is 1. The molecule has 0 bridgehead atoms. The van der Waals surface area contributed by atoms with Gasteiger partial charge in [0.1, 0.15) is 5.75 Å². The molecule has 0 atom stereocenters. The first-order chi connectivity index (χ1) is 8.12. The third-order valence-corrected chi connectivity index (χ3v) is 2.54. The Hall–Kier alpha value is -1.91. The van der Waals surface area contributed by atoms with Crippen LogP contribution in [0.2, 0.25) is 0 Å². The minimum Gasteiger partial charge on any atom is -0.490 e. The highest BCUT2D eigenvalue weighted by molar-refractivity contribution is 5.80. The van der Waals surface area contributed by atoms with Crippen LogP contribution in [-0.4, -0.2) is 17.3 Å². The fourth-order valence-electron chi connectivity index (χ4n) is 1.48. The fourth-order valence-corrected chi connectivity index (χ4v) is 1.48. The first-order valence-electron chi connectivity index (χ1n) is 5.52. The third-order valence-electron chi connectivity index (χ3n) is 2.54. The Morgan fingerprint density at radius 3 is 2.53 bits per heavy atom. The van der Waals surface area contributed by atoms with E-state index in [1.165, 1.54) is 18.2 Å². The van der Waals surface area contributed by atoms with Crippen molar-refractivity contribution in [3.8, 4) is 5.75 Å². The predicted molar refractivity (Wildman–Crippen MR) is 63.5 cm³/mol. The van der Waals surface area contributed by atoms with Gasteiger partial charge in [-0.05, 0) is 18.9 Å². The molecule has 0 heterocycles. The standard InChI is InChI=1S/C12H15NO4/c1-3-11(4-2)17-12-6-5-10(13(15)16)7-9(12)8-14/h5-8,11H,3-4H2,1-2H3. The van der Waals surface area contributed by atoms with E-state index in [0.717, 1.165) is 12.8 Å². The van der Waals surface area contributed by atoms with Crippen molar-refractivity contribution in [2.45, 2.75) is 32.8 Å². The van der Waals surface area contributed by atoms with Gasteiger partial charge in [0, 0.05) is 12.1 Å². The van der Waals surface area contributed by atoms with Crippen molar-refractivity contribution in [1.82, 2.24) is 0 Å². The molecular formula is C12H15NO4. The number of nitro groups is 1. The highest BCUT2D eigenvalue weighted by Gasteiger charge is 2.13. The number of ether oxygens (including phenoxy) is 1. The molecule has 0 saturated heterocycles. The van der Waals surface area contributed by atoms with Crippen LogP contribution < -0.4 is 4.74 Å². The van der Waals surface area contributed by atoms with Crippen molar-refractivity contribution in [3.63, 3.8) is 0 Å². The van der Waals surface area contributed by atoms with Crippen LogP contribution >= 0.6 is 0 Å². The summed E-state index contributed by atoms with van der Waals surface area (Å²) in [6.07, 6.45) is 2.25. The van der Waals surface area contributed by atoms with E-state index in [1.807, 2.05) is 13.8 Å². The number of aldehydes is 1. The predicted octanol–water partition coefficient (Wildman–Crippen LogP) is 2.97. The van der Waals surface area contributed by atoms with E-state index < -0.39 is 4.92 Å². The molecule has 0 aromatic heterocycles. The Morgan fingerprint density at radius 1 is 1.41 bits per heavy atom. The van der Waals surface area contributed by atoms with Crippen molar-refractivity contribution >= 4 is 12.0 Å². The summed E-state index contributed by atoms with van der Waals surface area (Å²) in [6, 6.07) is 4.04. The van der Waals surface area contributed by atoms with Crippen molar-refractivity contribution < 1.29 is 14.5 Å². The van der Waals surface area contributed by atoms with Crippen LogP contribution in [0.4, 0.5) is 5.69 Å². The highest BCUT2D eigenvalue weighted by atomic mass is 16.6.